The van der Waals surface area contributed by atoms with Crippen molar-refractivity contribution in [2.75, 3.05) is 5.32 Å². The van der Waals surface area contributed by atoms with E-state index >= 15 is 0 Å². The topological polar surface area (TPSA) is 52.9 Å². The molecule has 0 aliphatic rings. The van der Waals surface area contributed by atoms with E-state index in [0.29, 0.717) is 5.69 Å². The smallest absolute Gasteiger partial charge is 0.307 e. The number of nitrogens with one attached hydrogen (secondary N) is 2. The third kappa shape index (κ3) is 2.29. The highest BCUT2D eigenvalue weighted by Crippen LogP contribution is 2.07. The van der Waals surface area contributed by atoms with Crippen molar-refractivity contribution in [3.05, 3.63) is 29.8 Å². The van der Waals surface area contributed by atoms with Gasteiger partial charge in [-0.25, -0.2) is 10.5 Å². The number of hydrogen-bond donors (Lipinski definition) is 1. The second-order valence-electron chi connectivity index (χ2n) is 2.32. The first-order chi connectivity index (χ1) is 5.18. The van der Waals surface area contributed by atoms with Crippen molar-refractivity contribution in [3.8, 4) is 0 Å². The fourth-order valence-corrected chi connectivity index (χ4v) is 0.768. The van der Waals surface area contributed by atoms with Gasteiger partial charge in [-0.2, -0.15) is 0 Å². The van der Waals surface area contributed by atoms with Gasteiger partial charge in [0.05, 0.1) is 0 Å². The Bertz CT molecular complexity index is 253. The van der Waals surface area contributed by atoms with Gasteiger partial charge >= 0.3 is 6.03 Å². The number of carbonyl (C=O) groups is 1. The van der Waals surface area contributed by atoms with Crippen LogP contribution in [0.2, 0.25) is 0 Å². The predicted octanol–water partition coefficient (Wildman–Crippen LogP) is 1.81. The summed E-state index contributed by atoms with van der Waals surface area (Å²) >= 11 is 0. The standard InChI is InChI=1S/C8H9N2O/c1-6-2-4-7(5-3-6)10-8(9)11/h2-5,9H,1H3,(H,10,11). The minimum atomic E-state index is -0.783. The van der Waals surface area contributed by atoms with Gasteiger partial charge in [-0.3, -0.25) is 0 Å². The molecule has 0 aliphatic heterocycles. The van der Waals surface area contributed by atoms with Crippen LogP contribution < -0.4 is 11.1 Å². The van der Waals surface area contributed by atoms with Crippen LogP contribution in [0.4, 0.5) is 10.5 Å². The Morgan fingerprint density at radius 3 is 2.36 bits per heavy atom. The number of hydrogen-bond acceptors (Lipinski definition) is 1. The SMILES string of the molecule is Cc1ccc(NC([NH])=O)cc1. The molecule has 2 N–H and O–H groups in total. The van der Waals surface area contributed by atoms with Crippen LogP contribution in [0, 0.1) is 6.92 Å². The van der Waals surface area contributed by atoms with E-state index in [9.17, 15) is 4.79 Å². The zero-order chi connectivity index (χ0) is 8.27. The van der Waals surface area contributed by atoms with E-state index in [1.807, 2.05) is 19.1 Å². The third-order valence-corrected chi connectivity index (χ3v) is 1.31. The summed E-state index contributed by atoms with van der Waals surface area (Å²) in [6.07, 6.45) is 0. The van der Waals surface area contributed by atoms with E-state index in [4.69, 9.17) is 5.73 Å². The molecule has 0 unspecified atom stereocenters. The maximum atomic E-state index is 10.3. The highest BCUT2D eigenvalue weighted by molar-refractivity contribution is 5.87. The summed E-state index contributed by atoms with van der Waals surface area (Å²) in [5, 5.41) is 2.36. The fraction of sp³-hybridized carbons (Fsp3) is 0.125. The normalized spacial score (nSPS) is 9.18. The second-order valence-corrected chi connectivity index (χ2v) is 2.32. The maximum absolute atomic E-state index is 10.3. The van der Waals surface area contributed by atoms with Crippen molar-refractivity contribution >= 4 is 11.7 Å². The van der Waals surface area contributed by atoms with Crippen LogP contribution in [0.25, 0.3) is 0 Å². The summed E-state index contributed by atoms with van der Waals surface area (Å²) in [5.41, 5.74) is 8.41. The predicted molar refractivity (Wildman–Crippen MR) is 43.3 cm³/mol. The third-order valence-electron chi connectivity index (χ3n) is 1.31. The van der Waals surface area contributed by atoms with Crippen molar-refractivity contribution < 1.29 is 4.79 Å². The number of benzene rings is 1. The molecule has 2 amide bonds. The lowest BCUT2D eigenvalue weighted by Gasteiger charge is -1.99. The van der Waals surface area contributed by atoms with Gasteiger partial charge in [0.1, 0.15) is 0 Å². The Labute approximate surface area is 65.2 Å². The monoisotopic (exact) mass is 149 g/mol. The average molecular weight is 149 g/mol. The van der Waals surface area contributed by atoms with E-state index in [-0.39, 0.29) is 0 Å². The summed E-state index contributed by atoms with van der Waals surface area (Å²) in [6, 6.07) is 6.51. The molecule has 1 aromatic carbocycles. The van der Waals surface area contributed by atoms with E-state index in [1.54, 1.807) is 12.1 Å². The van der Waals surface area contributed by atoms with E-state index in [1.165, 1.54) is 0 Å². The van der Waals surface area contributed by atoms with Gasteiger partial charge in [0, 0.05) is 5.69 Å². The van der Waals surface area contributed by atoms with Gasteiger partial charge in [-0.1, -0.05) is 17.7 Å². The van der Waals surface area contributed by atoms with Crippen LogP contribution in [0.3, 0.4) is 0 Å². The molecule has 57 valence electrons. The zero-order valence-corrected chi connectivity index (χ0v) is 6.22. The Morgan fingerprint density at radius 1 is 1.36 bits per heavy atom. The average Bonchev–Trinajstić information content (AvgIpc) is 1.93. The van der Waals surface area contributed by atoms with Crippen molar-refractivity contribution in [3.63, 3.8) is 0 Å². The van der Waals surface area contributed by atoms with Crippen LogP contribution in [0.1, 0.15) is 5.56 Å². The van der Waals surface area contributed by atoms with Gasteiger partial charge in [-0.15, -0.1) is 0 Å². The molecular formula is C8H9N2O. The summed E-state index contributed by atoms with van der Waals surface area (Å²) < 4.78 is 0. The molecule has 0 bridgehead atoms. The minimum Gasteiger partial charge on any atom is -0.307 e. The lowest BCUT2D eigenvalue weighted by atomic mass is 10.2. The summed E-state index contributed by atoms with van der Waals surface area (Å²) in [5.74, 6) is 0. The van der Waals surface area contributed by atoms with E-state index in [2.05, 4.69) is 5.32 Å². The minimum absolute atomic E-state index is 0.663. The number of amides is 2. The number of anilines is 1. The Hall–Kier alpha value is -1.51. The lowest BCUT2D eigenvalue weighted by molar-refractivity contribution is 0.258. The van der Waals surface area contributed by atoms with Crippen molar-refractivity contribution in [2.24, 2.45) is 0 Å². The molecule has 11 heavy (non-hydrogen) atoms. The largest absolute Gasteiger partial charge is 0.337 e. The molecule has 0 fully saturated rings. The van der Waals surface area contributed by atoms with Crippen molar-refractivity contribution in [1.82, 2.24) is 5.73 Å². The van der Waals surface area contributed by atoms with Crippen LogP contribution >= 0.6 is 0 Å². The number of aryl methyl sites for hydroxylation is 1. The first kappa shape index (κ1) is 7.60. The quantitative estimate of drug-likeness (QED) is 0.650. The van der Waals surface area contributed by atoms with Crippen LogP contribution in [-0.4, -0.2) is 6.03 Å². The van der Waals surface area contributed by atoms with Gasteiger partial charge in [0.2, 0.25) is 0 Å². The molecule has 0 aliphatic carbocycles. The molecule has 1 radical (unpaired) electrons. The molecule has 0 heterocycles. The summed E-state index contributed by atoms with van der Waals surface area (Å²) in [7, 11) is 0. The molecule has 0 saturated heterocycles. The van der Waals surface area contributed by atoms with Crippen LogP contribution in [0.15, 0.2) is 24.3 Å². The molecule has 1 rings (SSSR count). The molecule has 3 heteroatoms. The first-order valence-electron chi connectivity index (χ1n) is 3.28. The molecular weight excluding hydrogens is 140 g/mol. The number of rotatable bonds is 1. The van der Waals surface area contributed by atoms with E-state index in [0.717, 1.165) is 5.56 Å². The Morgan fingerprint density at radius 2 is 1.91 bits per heavy atom. The molecule has 0 aromatic heterocycles. The molecule has 3 nitrogen and oxygen atoms in total. The lowest BCUT2D eigenvalue weighted by Crippen LogP contribution is -2.08. The molecule has 0 spiro atoms. The highest BCUT2D eigenvalue weighted by Gasteiger charge is 1.93. The number of carbonyl (C=O) groups excluding carboxylic acids is 1. The molecule has 0 saturated carbocycles. The van der Waals surface area contributed by atoms with Crippen LogP contribution in [0.5, 0.6) is 0 Å². The van der Waals surface area contributed by atoms with Gasteiger partial charge < -0.3 is 5.32 Å². The Kier molecular flexibility index (Phi) is 2.11. The van der Waals surface area contributed by atoms with Gasteiger partial charge in [0.15, 0.2) is 0 Å². The highest BCUT2D eigenvalue weighted by atomic mass is 16.2. The van der Waals surface area contributed by atoms with E-state index < -0.39 is 6.03 Å². The first-order valence-corrected chi connectivity index (χ1v) is 3.28. The zero-order valence-electron chi connectivity index (χ0n) is 6.22. The second kappa shape index (κ2) is 3.05. The summed E-state index contributed by atoms with van der Waals surface area (Å²) in [6.45, 7) is 1.96. The van der Waals surface area contributed by atoms with Gasteiger partial charge in [-0.05, 0) is 19.1 Å². The molecule has 0 atom stereocenters. The summed E-state index contributed by atoms with van der Waals surface area (Å²) in [4.78, 5) is 10.3. The molecule has 1 aromatic rings. The van der Waals surface area contributed by atoms with Crippen molar-refractivity contribution in [1.29, 1.82) is 0 Å². The maximum Gasteiger partial charge on any atom is 0.337 e. The number of urea groups is 1. The van der Waals surface area contributed by atoms with Crippen molar-refractivity contribution in [2.45, 2.75) is 6.92 Å². The fourth-order valence-electron chi connectivity index (χ4n) is 0.768. The Balaban J connectivity index is 2.74. The van der Waals surface area contributed by atoms with Gasteiger partial charge in [0.25, 0.3) is 0 Å². The van der Waals surface area contributed by atoms with Crippen LogP contribution in [-0.2, 0) is 0 Å².